The maximum Gasteiger partial charge on any atom is 0.172 e. The number of benzene rings is 2. The fraction of sp³-hybridized carbons (Fsp3) is 0.379. The summed E-state index contributed by atoms with van der Waals surface area (Å²) in [5.41, 5.74) is 3.09. The summed E-state index contributed by atoms with van der Waals surface area (Å²) in [6.45, 7) is 7.79. The maximum atomic E-state index is 14.5. The number of ether oxygens (including phenoxy) is 1. The number of nitrogens with zero attached hydrogens (tertiary/aromatic N) is 4. The van der Waals surface area contributed by atoms with Gasteiger partial charge in [0.15, 0.2) is 17.5 Å². The molecule has 0 radical (unpaired) electrons. The number of hydrogen-bond donors (Lipinski definition) is 1. The third-order valence-electron chi connectivity index (χ3n) is 7.46. The first-order valence-electron chi connectivity index (χ1n) is 12.7. The van der Waals surface area contributed by atoms with Crippen molar-refractivity contribution >= 4 is 11.9 Å². The molecule has 0 amide bonds. The van der Waals surface area contributed by atoms with Crippen molar-refractivity contribution in [3.05, 3.63) is 82.4 Å². The highest BCUT2D eigenvalue weighted by atomic mass is 19.2. The van der Waals surface area contributed by atoms with Gasteiger partial charge in [-0.25, -0.2) is 13.8 Å². The van der Waals surface area contributed by atoms with Crippen LogP contribution in [0.3, 0.4) is 0 Å². The Kier molecular flexibility index (Phi) is 6.73. The van der Waals surface area contributed by atoms with Crippen molar-refractivity contribution in [2.45, 2.75) is 45.8 Å². The van der Waals surface area contributed by atoms with Gasteiger partial charge in [0, 0.05) is 12.7 Å². The van der Waals surface area contributed by atoms with Crippen molar-refractivity contribution in [2.75, 3.05) is 20.3 Å². The normalized spacial score (nSPS) is 23.1. The summed E-state index contributed by atoms with van der Waals surface area (Å²) in [7, 11) is 1.63. The summed E-state index contributed by atoms with van der Waals surface area (Å²) < 4.78 is 36.3. The zero-order valence-corrected chi connectivity index (χ0v) is 22.2. The van der Waals surface area contributed by atoms with Crippen LogP contribution < -0.4 is 4.74 Å². The third kappa shape index (κ3) is 4.34. The van der Waals surface area contributed by atoms with E-state index in [0.29, 0.717) is 23.7 Å². The van der Waals surface area contributed by atoms with Crippen molar-refractivity contribution in [1.82, 2.24) is 14.5 Å². The number of aliphatic hydroxyl groups is 1. The molecule has 2 aliphatic rings. The summed E-state index contributed by atoms with van der Waals surface area (Å²) >= 11 is 0. The van der Waals surface area contributed by atoms with E-state index in [4.69, 9.17) is 9.57 Å². The number of aliphatic hydroxyl groups excluding tert-OH is 1. The van der Waals surface area contributed by atoms with Crippen molar-refractivity contribution in [1.29, 1.82) is 0 Å². The average molecular weight is 523 g/mol. The molecule has 3 heterocycles. The molecule has 0 bridgehead atoms. The molecule has 1 saturated heterocycles. The summed E-state index contributed by atoms with van der Waals surface area (Å²) in [6, 6.07) is 8.66. The second-order valence-electron chi connectivity index (χ2n) is 10.3. The molecule has 2 aliphatic heterocycles. The maximum absolute atomic E-state index is 14.5. The van der Waals surface area contributed by atoms with Gasteiger partial charge in [-0.1, -0.05) is 24.2 Å². The largest absolute Gasteiger partial charge is 0.495 e. The Morgan fingerprint density at radius 1 is 1.24 bits per heavy atom. The number of aryl methyl sites for hydroxylation is 2. The van der Waals surface area contributed by atoms with Crippen LogP contribution in [0.1, 0.15) is 42.7 Å². The Labute approximate surface area is 221 Å². The molecular weight excluding hydrogens is 490 g/mol. The molecular formula is C29H32F2N4O3. The lowest BCUT2D eigenvalue weighted by molar-refractivity contribution is -0.0782. The number of halogens is 2. The van der Waals surface area contributed by atoms with Gasteiger partial charge in [-0.15, -0.1) is 0 Å². The summed E-state index contributed by atoms with van der Waals surface area (Å²) in [5.74, 6) is -0.375. The Bertz CT molecular complexity index is 1410. The Morgan fingerprint density at radius 2 is 2.03 bits per heavy atom. The molecule has 3 aromatic rings. The molecule has 0 spiro atoms. The molecule has 3 atom stereocenters. The molecule has 2 aromatic carbocycles. The molecule has 0 aliphatic carbocycles. The van der Waals surface area contributed by atoms with Crippen molar-refractivity contribution in [3.8, 4) is 11.4 Å². The monoisotopic (exact) mass is 522 g/mol. The Balaban J connectivity index is 1.57. The fourth-order valence-electron chi connectivity index (χ4n) is 5.51. The smallest absolute Gasteiger partial charge is 0.172 e. The van der Waals surface area contributed by atoms with E-state index in [1.54, 1.807) is 26.4 Å². The number of oxime groups is 1. The Hall–Kier alpha value is -3.72. The zero-order chi connectivity index (χ0) is 27.2. The predicted octanol–water partition coefficient (Wildman–Crippen LogP) is 5.12. The van der Waals surface area contributed by atoms with E-state index < -0.39 is 23.3 Å². The number of rotatable bonds is 5. The number of hydrogen-bond acceptors (Lipinski definition) is 6. The van der Waals surface area contributed by atoms with Gasteiger partial charge >= 0.3 is 0 Å². The lowest BCUT2D eigenvalue weighted by Crippen LogP contribution is -2.63. The topological polar surface area (TPSA) is 72.1 Å². The van der Waals surface area contributed by atoms with Crippen LogP contribution in [0.25, 0.3) is 11.8 Å². The Morgan fingerprint density at radius 3 is 2.68 bits per heavy atom. The van der Waals surface area contributed by atoms with Gasteiger partial charge in [0.25, 0.3) is 0 Å². The average Bonchev–Trinajstić information content (AvgIpc) is 3.32. The van der Waals surface area contributed by atoms with Crippen LogP contribution in [0.2, 0.25) is 0 Å². The molecule has 0 saturated carbocycles. The van der Waals surface area contributed by atoms with Crippen LogP contribution in [0.5, 0.6) is 5.75 Å². The minimum absolute atomic E-state index is 0.00548. The molecule has 3 unspecified atom stereocenters. The van der Waals surface area contributed by atoms with Gasteiger partial charge in [0.1, 0.15) is 17.9 Å². The van der Waals surface area contributed by atoms with E-state index in [2.05, 4.69) is 17.1 Å². The minimum Gasteiger partial charge on any atom is -0.495 e. The SMILES string of the molecule is COc1cc(/C=C2\CC(C)CN3C2=NOCC3(c2cc(C)c(F)c(F)c2)C(C)O)ccc1-n1cnc(C)c1. The third-order valence-corrected chi connectivity index (χ3v) is 7.46. The molecule has 1 N–H and O–H groups in total. The molecule has 9 heteroatoms. The summed E-state index contributed by atoms with van der Waals surface area (Å²) in [6.07, 6.45) is 5.49. The first-order chi connectivity index (χ1) is 18.1. The van der Waals surface area contributed by atoms with Gasteiger partial charge in [0.2, 0.25) is 0 Å². The van der Waals surface area contributed by atoms with E-state index in [1.807, 2.05) is 46.9 Å². The standard InChI is InChI=1S/C29H32F2N4O3/c1-17-8-22(10-21-6-7-25(26(11-21)37-5)34-14-19(3)32-16-34)28-33-38-15-29(20(4)36,35(28)13-17)23-9-18(2)27(31)24(30)12-23/h6-7,9-12,14,16-17,20,36H,8,13,15H2,1-5H3/b22-10+. The van der Waals surface area contributed by atoms with Gasteiger partial charge < -0.3 is 24.1 Å². The summed E-state index contributed by atoms with van der Waals surface area (Å²) in [5, 5.41) is 15.5. The van der Waals surface area contributed by atoms with Gasteiger partial charge in [0.05, 0.1) is 30.9 Å². The number of piperidine rings is 1. The summed E-state index contributed by atoms with van der Waals surface area (Å²) in [4.78, 5) is 12.0. The highest BCUT2D eigenvalue weighted by Crippen LogP contribution is 2.42. The number of amidine groups is 1. The van der Waals surface area contributed by atoms with Gasteiger partial charge in [-0.05, 0) is 79.6 Å². The first kappa shape index (κ1) is 25.9. The molecule has 1 fully saturated rings. The van der Waals surface area contributed by atoms with Crippen molar-refractivity contribution < 1.29 is 23.5 Å². The number of imidazole rings is 1. The van der Waals surface area contributed by atoms with Crippen LogP contribution in [-0.4, -0.2) is 51.8 Å². The quantitative estimate of drug-likeness (QED) is 0.504. The molecule has 5 rings (SSSR count). The number of methoxy groups -OCH3 is 1. The lowest BCUT2D eigenvalue weighted by Gasteiger charge is -2.52. The van der Waals surface area contributed by atoms with E-state index in [-0.39, 0.29) is 18.1 Å². The van der Waals surface area contributed by atoms with E-state index in [0.717, 1.165) is 35.0 Å². The van der Waals surface area contributed by atoms with Gasteiger partial charge in [-0.3, -0.25) is 0 Å². The second-order valence-corrected chi connectivity index (χ2v) is 10.3. The highest BCUT2D eigenvalue weighted by molar-refractivity contribution is 6.03. The molecule has 1 aromatic heterocycles. The highest BCUT2D eigenvalue weighted by Gasteiger charge is 2.51. The van der Waals surface area contributed by atoms with Crippen LogP contribution in [0.15, 0.2) is 53.6 Å². The predicted molar refractivity (Wildman–Crippen MR) is 141 cm³/mol. The molecule has 7 nitrogen and oxygen atoms in total. The first-order valence-corrected chi connectivity index (χ1v) is 12.7. The number of fused-ring (bicyclic) bond motifs is 1. The second kappa shape index (κ2) is 9.87. The minimum atomic E-state index is -1.13. The number of aromatic nitrogens is 2. The van der Waals surface area contributed by atoms with Crippen LogP contribution >= 0.6 is 0 Å². The van der Waals surface area contributed by atoms with Crippen LogP contribution in [0, 0.1) is 31.4 Å². The van der Waals surface area contributed by atoms with Crippen LogP contribution in [0.4, 0.5) is 8.78 Å². The van der Waals surface area contributed by atoms with Crippen molar-refractivity contribution in [3.63, 3.8) is 0 Å². The van der Waals surface area contributed by atoms with E-state index in [9.17, 15) is 13.9 Å². The lowest BCUT2D eigenvalue weighted by atomic mass is 9.79. The fourth-order valence-corrected chi connectivity index (χ4v) is 5.51. The van der Waals surface area contributed by atoms with Gasteiger partial charge in [-0.2, -0.15) is 0 Å². The molecule has 200 valence electrons. The zero-order valence-electron chi connectivity index (χ0n) is 22.2. The van der Waals surface area contributed by atoms with E-state index >= 15 is 0 Å². The van der Waals surface area contributed by atoms with Crippen molar-refractivity contribution in [2.24, 2.45) is 11.1 Å². The molecule has 38 heavy (non-hydrogen) atoms. The van der Waals surface area contributed by atoms with Crippen LogP contribution in [-0.2, 0) is 10.4 Å². The van der Waals surface area contributed by atoms with E-state index in [1.165, 1.54) is 6.92 Å².